The predicted octanol–water partition coefficient (Wildman–Crippen LogP) is 4.00. The maximum Gasteiger partial charge on any atom is 0.243 e. The molecule has 1 atom stereocenters. The molecule has 0 aromatic heterocycles. The van der Waals surface area contributed by atoms with Crippen molar-refractivity contribution in [2.45, 2.75) is 31.6 Å². The van der Waals surface area contributed by atoms with E-state index >= 15 is 0 Å². The molecule has 0 radical (unpaired) electrons. The minimum Gasteiger partial charge on any atom is -0.326 e. The molecule has 1 aliphatic heterocycles. The number of hydrogen-bond donors (Lipinski definition) is 1. The molecule has 0 bridgehead atoms. The van der Waals surface area contributed by atoms with Crippen LogP contribution >= 0.6 is 11.6 Å². The zero-order valence-electron chi connectivity index (χ0n) is 15.4. The van der Waals surface area contributed by atoms with Gasteiger partial charge in [-0.1, -0.05) is 23.7 Å². The monoisotopic (exact) mass is 406 g/mol. The van der Waals surface area contributed by atoms with E-state index in [-0.39, 0.29) is 18.4 Å². The van der Waals surface area contributed by atoms with E-state index in [1.54, 1.807) is 37.3 Å². The molecule has 1 aliphatic rings. The van der Waals surface area contributed by atoms with Crippen LogP contribution < -0.4 is 5.32 Å². The van der Waals surface area contributed by atoms with E-state index in [0.29, 0.717) is 40.6 Å². The summed E-state index contributed by atoms with van der Waals surface area (Å²) in [7, 11) is -3.62. The lowest BCUT2D eigenvalue weighted by Crippen LogP contribution is -2.43. The Bertz CT molecular complexity index is 942. The number of carbonyl (C=O) groups excluding carboxylic acids is 1. The SMILES string of the molecule is Cc1ccc(C)c(S(=O)(=O)N2CCC[C@H](C(=O)Nc3ccc(Cl)cc3)C2)c1. The summed E-state index contributed by atoms with van der Waals surface area (Å²) in [6.07, 6.45) is 1.32. The number of nitrogens with zero attached hydrogens (tertiary/aromatic N) is 1. The van der Waals surface area contributed by atoms with Gasteiger partial charge in [0, 0.05) is 23.8 Å². The normalized spacial score (nSPS) is 18.3. The van der Waals surface area contributed by atoms with Crippen LogP contribution in [0.2, 0.25) is 5.02 Å². The lowest BCUT2D eigenvalue weighted by Gasteiger charge is -2.31. The molecule has 1 heterocycles. The van der Waals surface area contributed by atoms with E-state index in [0.717, 1.165) is 5.56 Å². The van der Waals surface area contributed by atoms with Crippen molar-refractivity contribution < 1.29 is 13.2 Å². The summed E-state index contributed by atoms with van der Waals surface area (Å²) < 4.78 is 27.6. The molecule has 1 saturated heterocycles. The van der Waals surface area contributed by atoms with Crippen LogP contribution in [0.1, 0.15) is 24.0 Å². The van der Waals surface area contributed by atoms with Crippen LogP contribution in [-0.2, 0) is 14.8 Å². The summed E-state index contributed by atoms with van der Waals surface area (Å²) in [4.78, 5) is 12.9. The van der Waals surface area contributed by atoms with Crippen molar-refractivity contribution in [2.24, 2.45) is 5.92 Å². The number of hydrogen-bond acceptors (Lipinski definition) is 3. The number of benzene rings is 2. The minimum absolute atomic E-state index is 0.168. The van der Waals surface area contributed by atoms with E-state index in [4.69, 9.17) is 11.6 Å². The van der Waals surface area contributed by atoms with Crippen LogP contribution in [0, 0.1) is 19.8 Å². The summed E-state index contributed by atoms with van der Waals surface area (Å²) in [5, 5.41) is 3.45. The first-order chi connectivity index (χ1) is 12.8. The topological polar surface area (TPSA) is 66.5 Å². The molecule has 2 aromatic rings. The number of piperidine rings is 1. The Kier molecular flexibility index (Phi) is 5.89. The van der Waals surface area contributed by atoms with Crippen molar-refractivity contribution in [3.63, 3.8) is 0 Å². The zero-order chi connectivity index (χ0) is 19.6. The summed E-state index contributed by atoms with van der Waals surface area (Å²) >= 11 is 5.86. The Labute approximate surface area is 165 Å². The largest absolute Gasteiger partial charge is 0.326 e. The molecule has 0 aliphatic carbocycles. The van der Waals surface area contributed by atoms with Gasteiger partial charge in [-0.25, -0.2) is 8.42 Å². The Hall–Kier alpha value is -1.89. The highest BCUT2D eigenvalue weighted by Gasteiger charge is 2.34. The van der Waals surface area contributed by atoms with Gasteiger partial charge in [0.2, 0.25) is 15.9 Å². The second-order valence-corrected chi connectivity index (χ2v) is 9.31. The summed E-state index contributed by atoms with van der Waals surface area (Å²) in [5.41, 5.74) is 2.26. The van der Waals surface area contributed by atoms with Crippen molar-refractivity contribution in [3.05, 3.63) is 58.6 Å². The Morgan fingerprint density at radius 2 is 1.85 bits per heavy atom. The average Bonchev–Trinajstić information content (AvgIpc) is 2.65. The number of amides is 1. The molecule has 1 amide bonds. The molecule has 7 heteroatoms. The molecule has 0 unspecified atom stereocenters. The van der Waals surface area contributed by atoms with Crippen LogP contribution in [0.5, 0.6) is 0 Å². The molecule has 144 valence electrons. The highest BCUT2D eigenvalue weighted by atomic mass is 35.5. The second kappa shape index (κ2) is 8.00. The molecule has 3 rings (SSSR count). The fourth-order valence-electron chi connectivity index (χ4n) is 3.28. The summed E-state index contributed by atoms with van der Waals surface area (Å²) in [6, 6.07) is 12.3. The number of nitrogens with one attached hydrogen (secondary N) is 1. The van der Waals surface area contributed by atoms with Gasteiger partial charge in [0.05, 0.1) is 10.8 Å². The Balaban J connectivity index is 1.76. The number of carbonyl (C=O) groups is 1. The summed E-state index contributed by atoms with van der Waals surface area (Å²) in [5.74, 6) is -0.549. The van der Waals surface area contributed by atoms with Gasteiger partial charge in [-0.05, 0) is 68.1 Å². The van der Waals surface area contributed by atoms with E-state index < -0.39 is 10.0 Å². The van der Waals surface area contributed by atoms with Gasteiger partial charge in [-0.15, -0.1) is 0 Å². The quantitative estimate of drug-likeness (QED) is 0.834. The molecule has 5 nitrogen and oxygen atoms in total. The average molecular weight is 407 g/mol. The van der Waals surface area contributed by atoms with E-state index in [1.807, 2.05) is 19.1 Å². The molecule has 0 spiro atoms. The predicted molar refractivity (Wildman–Crippen MR) is 107 cm³/mol. The fraction of sp³-hybridized carbons (Fsp3) is 0.350. The van der Waals surface area contributed by atoms with E-state index in [9.17, 15) is 13.2 Å². The number of anilines is 1. The van der Waals surface area contributed by atoms with Crippen LogP contribution in [0.15, 0.2) is 47.4 Å². The zero-order valence-corrected chi connectivity index (χ0v) is 17.0. The van der Waals surface area contributed by atoms with Gasteiger partial charge in [-0.2, -0.15) is 4.31 Å². The fourth-order valence-corrected chi connectivity index (χ4v) is 5.24. The molecule has 27 heavy (non-hydrogen) atoms. The smallest absolute Gasteiger partial charge is 0.243 e. The van der Waals surface area contributed by atoms with E-state index in [1.165, 1.54) is 4.31 Å². The minimum atomic E-state index is -3.62. The van der Waals surface area contributed by atoms with Crippen LogP contribution in [0.4, 0.5) is 5.69 Å². The first-order valence-electron chi connectivity index (χ1n) is 8.91. The lowest BCUT2D eigenvalue weighted by molar-refractivity contribution is -0.120. The van der Waals surface area contributed by atoms with E-state index in [2.05, 4.69) is 5.32 Å². The third kappa shape index (κ3) is 4.51. The molecule has 1 fully saturated rings. The highest BCUT2D eigenvalue weighted by molar-refractivity contribution is 7.89. The van der Waals surface area contributed by atoms with Gasteiger partial charge in [0.1, 0.15) is 0 Å². The highest BCUT2D eigenvalue weighted by Crippen LogP contribution is 2.27. The van der Waals surface area contributed by atoms with Crippen molar-refractivity contribution in [1.82, 2.24) is 4.31 Å². The summed E-state index contributed by atoms with van der Waals surface area (Å²) in [6.45, 7) is 4.29. The molecular weight excluding hydrogens is 384 g/mol. The molecule has 0 saturated carbocycles. The van der Waals surface area contributed by atoms with Gasteiger partial charge in [0.15, 0.2) is 0 Å². The first kappa shape index (κ1) is 19.9. The molecule has 1 N–H and O–H groups in total. The van der Waals surface area contributed by atoms with Crippen LogP contribution in [0.25, 0.3) is 0 Å². The van der Waals surface area contributed by atoms with Crippen molar-refractivity contribution in [1.29, 1.82) is 0 Å². The third-order valence-electron chi connectivity index (χ3n) is 4.83. The number of aryl methyl sites for hydroxylation is 2. The van der Waals surface area contributed by atoms with Gasteiger partial charge in [0.25, 0.3) is 0 Å². The van der Waals surface area contributed by atoms with Crippen molar-refractivity contribution in [2.75, 3.05) is 18.4 Å². The number of halogens is 1. The molecule has 2 aromatic carbocycles. The second-order valence-electron chi connectivity index (χ2n) is 6.97. The maximum atomic E-state index is 13.1. The van der Waals surface area contributed by atoms with Crippen LogP contribution in [0.3, 0.4) is 0 Å². The van der Waals surface area contributed by atoms with Gasteiger partial charge < -0.3 is 5.32 Å². The maximum absolute atomic E-state index is 13.1. The van der Waals surface area contributed by atoms with Gasteiger partial charge in [-0.3, -0.25) is 4.79 Å². The van der Waals surface area contributed by atoms with Crippen LogP contribution in [-0.4, -0.2) is 31.7 Å². The number of sulfonamides is 1. The standard InChI is InChI=1S/C20H23ClN2O3S/c1-14-5-6-15(2)19(12-14)27(25,26)23-11-3-4-16(13-23)20(24)22-18-9-7-17(21)8-10-18/h5-10,12,16H,3-4,11,13H2,1-2H3,(H,22,24)/t16-/m0/s1. The molecular formula is C20H23ClN2O3S. The van der Waals surface area contributed by atoms with Crippen molar-refractivity contribution in [3.8, 4) is 0 Å². The Morgan fingerprint density at radius 1 is 1.15 bits per heavy atom. The van der Waals surface area contributed by atoms with Crippen molar-refractivity contribution >= 4 is 33.2 Å². The van der Waals surface area contributed by atoms with Gasteiger partial charge >= 0.3 is 0 Å². The third-order valence-corrected chi connectivity index (χ3v) is 7.09. The lowest BCUT2D eigenvalue weighted by atomic mass is 9.99. The Morgan fingerprint density at radius 3 is 2.56 bits per heavy atom. The first-order valence-corrected chi connectivity index (χ1v) is 10.7. The number of rotatable bonds is 4.